The number of aliphatic carboxylic acids is 1. The number of nitrogens with one attached hydrogen (secondary N) is 1. The smallest absolute Gasteiger partial charge is 0.397 e. The fourth-order valence-corrected chi connectivity index (χ4v) is 4.15. The number of aliphatic hydroxyl groups excluding tert-OH is 4. The van der Waals surface area contributed by atoms with Gasteiger partial charge >= 0.3 is 26.7 Å². The van der Waals surface area contributed by atoms with Crippen molar-refractivity contribution in [2.75, 3.05) is 13.2 Å². The molecule has 8 atom stereocenters. The number of carbonyl (C=O) groups is 1. The molecule has 2 aliphatic heterocycles. The van der Waals surface area contributed by atoms with E-state index in [1.165, 1.54) is 0 Å². The molecular weight excluding hydrogens is 502 g/mol. The Morgan fingerprint density at radius 2 is 1.73 bits per heavy atom. The van der Waals surface area contributed by atoms with Crippen LogP contribution in [0.5, 0.6) is 0 Å². The molecule has 0 aromatic rings. The van der Waals surface area contributed by atoms with E-state index in [4.69, 9.17) is 28.4 Å². The first kappa shape index (κ1) is 27.8. The van der Waals surface area contributed by atoms with Crippen LogP contribution in [0, 0.1) is 0 Å². The highest BCUT2D eigenvalue weighted by molar-refractivity contribution is 7.83. The maximum absolute atomic E-state index is 11.3. The molecule has 0 aromatic heterocycles. The summed E-state index contributed by atoms with van der Waals surface area (Å²) in [7, 11) is -9.99. The lowest BCUT2D eigenvalue weighted by atomic mass is 9.91. The van der Waals surface area contributed by atoms with Crippen molar-refractivity contribution < 1.29 is 74.7 Å². The van der Waals surface area contributed by atoms with Crippen LogP contribution >= 0.6 is 0 Å². The molecule has 0 amide bonds. The van der Waals surface area contributed by atoms with Gasteiger partial charge in [-0.05, 0) is 12.5 Å². The molecule has 17 nitrogen and oxygen atoms in total. The van der Waals surface area contributed by atoms with Gasteiger partial charge in [0, 0.05) is 6.61 Å². The molecule has 0 unspecified atom stereocenters. The fraction of sp³-hybridized carbons (Fsp3) is 0.786. The lowest BCUT2D eigenvalue weighted by Gasteiger charge is -2.45. The summed E-state index contributed by atoms with van der Waals surface area (Å²) in [5.74, 6) is -2.50. The Labute approximate surface area is 187 Å². The molecule has 0 bridgehead atoms. The summed E-state index contributed by atoms with van der Waals surface area (Å²) < 4.78 is 84.0. The highest BCUT2D eigenvalue weighted by Gasteiger charge is 2.50. The van der Waals surface area contributed by atoms with Crippen LogP contribution < -0.4 is 4.72 Å². The predicted molar refractivity (Wildman–Crippen MR) is 99.8 cm³/mol. The lowest BCUT2D eigenvalue weighted by Crippen LogP contribution is -2.66. The van der Waals surface area contributed by atoms with Crippen molar-refractivity contribution in [2.45, 2.75) is 55.4 Å². The Hall–Kier alpha value is -1.49. The molecule has 33 heavy (non-hydrogen) atoms. The second kappa shape index (κ2) is 10.8. The van der Waals surface area contributed by atoms with E-state index in [0.717, 1.165) is 0 Å². The molecule has 2 heterocycles. The molecule has 1 saturated heterocycles. The van der Waals surface area contributed by atoms with Crippen molar-refractivity contribution in [3.63, 3.8) is 0 Å². The third-order valence-electron chi connectivity index (χ3n) is 4.60. The Balaban J connectivity index is 2.37. The summed E-state index contributed by atoms with van der Waals surface area (Å²) in [5.41, 5.74) is 0. The van der Waals surface area contributed by atoms with Crippen LogP contribution in [0.3, 0.4) is 0 Å². The van der Waals surface area contributed by atoms with E-state index in [2.05, 4.69) is 4.18 Å². The molecule has 192 valence electrons. The van der Waals surface area contributed by atoms with E-state index in [0.29, 0.717) is 6.08 Å². The van der Waals surface area contributed by atoms with Gasteiger partial charge in [0.05, 0.1) is 18.8 Å². The zero-order valence-corrected chi connectivity index (χ0v) is 18.1. The van der Waals surface area contributed by atoms with Crippen LogP contribution in [-0.4, -0.2) is 120 Å². The zero-order valence-electron chi connectivity index (χ0n) is 16.4. The minimum atomic E-state index is -5.03. The Morgan fingerprint density at radius 1 is 1.09 bits per heavy atom. The monoisotopic (exact) mass is 525 g/mol. The number of aliphatic hydroxyl groups is 4. The second-order valence-electron chi connectivity index (χ2n) is 6.95. The molecule has 2 aliphatic rings. The van der Waals surface area contributed by atoms with Gasteiger partial charge < -0.3 is 39.7 Å². The largest absolute Gasteiger partial charge is 0.475 e. The van der Waals surface area contributed by atoms with E-state index in [1.807, 2.05) is 0 Å². The van der Waals surface area contributed by atoms with Crippen LogP contribution in [-0.2, 0) is 43.9 Å². The first-order valence-corrected chi connectivity index (χ1v) is 11.9. The molecule has 8 N–H and O–H groups in total. The number of hydrogen-bond acceptors (Lipinski definition) is 13. The molecular formula is C14H23NO16S2. The highest BCUT2D eigenvalue weighted by atomic mass is 32.3. The van der Waals surface area contributed by atoms with E-state index >= 15 is 0 Å². The number of hydrogen-bond donors (Lipinski definition) is 8. The molecule has 0 saturated carbocycles. The molecule has 0 radical (unpaired) electrons. The standard InChI is InChI=1S/C14H23NO16S2/c16-2-1-6-9(15-32(22,23)24)11(19)12(8(29-6)4-28-33(25,26)27)31-14-10(18)5(17)3-7(30-14)13(20)21/h3,5-6,8-12,14-19H,1-2,4H2,(H,20,21)(H,22,23,24)(H,25,26,27)/t5-,6-,8+,9-,10+,11+,12+,14+/m0/s1. The van der Waals surface area contributed by atoms with Gasteiger partial charge in [0.15, 0.2) is 0 Å². The van der Waals surface area contributed by atoms with Gasteiger partial charge in [0.2, 0.25) is 12.0 Å². The maximum atomic E-state index is 11.3. The van der Waals surface area contributed by atoms with Gasteiger partial charge in [-0.3, -0.25) is 9.11 Å². The van der Waals surface area contributed by atoms with E-state index < -0.39 is 94.6 Å². The van der Waals surface area contributed by atoms with Crippen molar-refractivity contribution >= 4 is 26.7 Å². The van der Waals surface area contributed by atoms with Crippen molar-refractivity contribution in [1.29, 1.82) is 0 Å². The summed E-state index contributed by atoms with van der Waals surface area (Å²) in [4.78, 5) is 11.2. The van der Waals surface area contributed by atoms with E-state index in [9.17, 15) is 42.1 Å². The Bertz CT molecular complexity index is 933. The SMILES string of the molecule is O=C(O)C1=C[C@H](O)[C@@H](O)[C@@H](O[C@H]2[C@H](O)[C@@H](NS(=O)(=O)O)[C@H](CCO)O[C@@H]2COS(=O)(=O)O)O1. The minimum Gasteiger partial charge on any atom is -0.475 e. The van der Waals surface area contributed by atoms with E-state index in [-0.39, 0.29) is 6.42 Å². The van der Waals surface area contributed by atoms with Gasteiger partial charge in [-0.15, -0.1) is 0 Å². The predicted octanol–water partition coefficient (Wildman–Crippen LogP) is -4.49. The molecule has 0 spiro atoms. The van der Waals surface area contributed by atoms with Gasteiger partial charge in [-0.1, -0.05) is 0 Å². The summed E-state index contributed by atoms with van der Waals surface area (Å²) in [6.45, 7) is -1.64. The Kier molecular flexibility index (Phi) is 9.12. The van der Waals surface area contributed by atoms with Gasteiger partial charge in [0.1, 0.15) is 30.5 Å². The average Bonchev–Trinajstić information content (AvgIpc) is 2.67. The molecule has 1 fully saturated rings. The molecule has 2 rings (SSSR count). The highest BCUT2D eigenvalue weighted by Crippen LogP contribution is 2.30. The van der Waals surface area contributed by atoms with E-state index in [1.54, 1.807) is 4.72 Å². The van der Waals surface area contributed by atoms with Crippen LogP contribution in [0.1, 0.15) is 6.42 Å². The number of rotatable bonds is 10. The fourth-order valence-electron chi connectivity index (χ4n) is 3.21. The third-order valence-corrected chi connectivity index (χ3v) is 5.60. The average molecular weight is 525 g/mol. The minimum absolute atomic E-state index is 0.341. The Morgan fingerprint density at radius 3 is 2.24 bits per heavy atom. The summed E-state index contributed by atoms with van der Waals surface area (Å²) in [6, 6.07) is -1.71. The first-order chi connectivity index (χ1) is 15.1. The molecule has 0 aromatic carbocycles. The summed E-state index contributed by atoms with van der Waals surface area (Å²) in [5, 5.41) is 48.9. The lowest BCUT2D eigenvalue weighted by molar-refractivity contribution is -0.283. The second-order valence-corrected chi connectivity index (χ2v) is 9.23. The number of carboxylic acids is 1. The maximum Gasteiger partial charge on any atom is 0.397 e. The van der Waals surface area contributed by atoms with Gasteiger partial charge in [-0.25, -0.2) is 8.98 Å². The molecule has 19 heteroatoms. The quantitative estimate of drug-likeness (QED) is 0.125. The summed E-state index contributed by atoms with van der Waals surface area (Å²) >= 11 is 0. The van der Waals surface area contributed by atoms with Gasteiger partial charge in [-0.2, -0.15) is 21.6 Å². The van der Waals surface area contributed by atoms with Crippen LogP contribution in [0.15, 0.2) is 11.8 Å². The van der Waals surface area contributed by atoms with Crippen LogP contribution in [0.2, 0.25) is 0 Å². The normalized spacial score (nSPS) is 35.5. The zero-order chi connectivity index (χ0) is 25.1. The van der Waals surface area contributed by atoms with Crippen LogP contribution in [0.25, 0.3) is 0 Å². The first-order valence-electron chi connectivity index (χ1n) is 9.07. The topological polar surface area (TPSA) is 276 Å². The number of ether oxygens (including phenoxy) is 3. The van der Waals surface area contributed by atoms with Crippen molar-refractivity contribution in [1.82, 2.24) is 4.72 Å². The van der Waals surface area contributed by atoms with Crippen molar-refractivity contribution in [3.05, 3.63) is 11.8 Å². The van der Waals surface area contributed by atoms with Gasteiger partial charge in [0.25, 0.3) is 0 Å². The van der Waals surface area contributed by atoms with Crippen molar-refractivity contribution in [3.8, 4) is 0 Å². The molecule has 0 aliphatic carbocycles. The number of carboxylic acid groups (broad SMARTS) is 1. The van der Waals surface area contributed by atoms with Crippen molar-refractivity contribution in [2.24, 2.45) is 0 Å². The summed E-state index contributed by atoms with van der Waals surface area (Å²) in [6.07, 6.45) is -12.3. The third kappa shape index (κ3) is 7.77. The van der Waals surface area contributed by atoms with Crippen LogP contribution in [0.4, 0.5) is 0 Å².